The quantitative estimate of drug-likeness (QED) is 0.904. The van der Waals surface area contributed by atoms with E-state index in [-0.39, 0.29) is 23.1 Å². The molecule has 4 nitrogen and oxygen atoms in total. The number of nitrogens with one attached hydrogen (secondary N) is 1. The maximum Gasteiger partial charge on any atom is 0.251 e. The Labute approximate surface area is 155 Å². The highest BCUT2D eigenvalue weighted by Gasteiger charge is 2.49. The number of nitrogens with zero attached hydrogens (tertiary/aromatic N) is 1. The van der Waals surface area contributed by atoms with Gasteiger partial charge in [-0.05, 0) is 61.1 Å². The number of allylic oxidation sites excluding steroid dienone is 4. The van der Waals surface area contributed by atoms with Crippen molar-refractivity contribution in [1.82, 2.24) is 10.2 Å². The molecule has 2 amide bonds. The number of fused-ring (bicyclic) bond motifs is 1. The van der Waals surface area contributed by atoms with E-state index in [4.69, 9.17) is 0 Å². The van der Waals surface area contributed by atoms with Gasteiger partial charge in [0.05, 0.1) is 5.41 Å². The summed E-state index contributed by atoms with van der Waals surface area (Å²) in [5.41, 5.74) is 4.75. The molecular formula is C22H26N2O2. The molecule has 0 radical (unpaired) electrons. The Hall–Kier alpha value is -2.36. The molecular weight excluding hydrogens is 324 g/mol. The van der Waals surface area contributed by atoms with Crippen molar-refractivity contribution in [3.05, 3.63) is 52.7 Å². The van der Waals surface area contributed by atoms with Gasteiger partial charge in [0.15, 0.2) is 0 Å². The SMILES string of the molecule is Cc1ccc(C(=O)NC2CC2)cc1C1=CCC2C(=C1)N(C)C(=O)C2(C)C. The van der Waals surface area contributed by atoms with Gasteiger partial charge in [0.2, 0.25) is 5.91 Å². The first-order chi connectivity index (χ1) is 12.3. The van der Waals surface area contributed by atoms with Gasteiger partial charge in [0, 0.05) is 30.3 Å². The van der Waals surface area contributed by atoms with Crippen molar-refractivity contribution in [3.8, 4) is 0 Å². The molecule has 26 heavy (non-hydrogen) atoms. The molecule has 0 aromatic heterocycles. The van der Waals surface area contributed by atoms with Gasteiger partial charge >= 0.3 is 0 Å². The topological polar surface area (TPSA) is 49.4 Å². The summed E-state index contributed by atoms with van der Waals surface area (Å²) >= 11 is 0. The number of carbonyl (C=O) groups excluding carboxylic acids is 2. The predicted molar refractivity (Wildman–Crippen MR) is 102 cm³/mol. The van der Waals surface area contributed by atoms with Crippen molar-refractivity contribution in [2.24, 2.45) is 11.3 Å². The Bertz CT molecular complexity index is 859. The van der Waals surface area contributed by atoms with E-state index in [1.54, 1.807) is 4.90 Å². The average molecular weight is 350 g/mol. The molecule has 3 aliphatic rings. The fraction of sp³-hybridized carbons (Fsp3) is 0.455. The lowest BCUT2D eigenvalue weighted by atomic mass is 9.75. The molecule has 4 heteroatoms. The van der Waals surface area contributed by atoms with Crippen molar-refractivity contribution in [3.63, 3.8) is 0 Å². The number of likely N-dealkylation sites (tertiary alicyclic amines) is 1. The van der Waals surface area contributed by atoms with Crippen molar-refractivity contribution in [2.45, 2.75) is 46.1 Å². The van der Waals surface area contributed by atoms with Gasteiger partial charge in [0.25, 0.3) is 5.91 Å². The first-order valence-corrected chi connectivity index (χ1v) is 9.41. The second-order valence-electron chi connectivity index (χ2n) is 8.38. The van der Waals surface area contributed by atoms with Gasteiger partial charge in [-0.2, -0.15) is 0 Å². The fourth-order valence-corrected chi connectivity index (χ4v) is 4.14. The van der Waals surface area contributed by atoms with Crippen LogP contribution in [0.4, 0.5) is 0 Å². The highest BCUT2D eigenvalue weighted by Crippen LogP contribution is 2.48. The predicted octanol–water partition coefficient (Wildman–Crippen LogP) is 3.67. The third-order valence-electron chi connectivity index (χ3n) is 6.07. The smallest absolute Gasteiger partial charge is 0.251 e. The van der Waals surface area contributed by atoms with E-state index in [1.807, 2.05) is 39.1 Å². The Balaban J connectivity index is 1.67. The molecule has 2 aliphatic carbocycles. The van der Waals surface area contributed by atoms with Crippen molar-refractivity contribution in [1.29, 1.82) is 0 Å². The van der Waals surface area contributed by atoms with Crippen LogP contribution in [-0.2, 0) is 4.79 Å². The molecule has 1 N–H and O–H groups in total. The summed E-state index contributed by atoms with van der Waals surface area (Å²) in [6.07, 6.45) is 7.36. The second kappa shape index (κ2) is 5.83. The number of benzene rings is 1. The maximum absolute atomic E-state index is 12.6. The summed E-state index contributed by atoms with van der Waals surface area (Å²) in [4.78, 5) is 26.8. The standard InChI is InChI=1S/C22H26N2O2/c1-13-5-6-15(20(25)23-16-8-9-16)11-17(13)14-7-10-18-19(12-14)24(4)21(26)22(18,2)3/h5-7,11-12,16,18H,8-10H2,1-4H3,(H,23,25). The van der Waals surface area contributed by atoms with Crippen LogP contribution in [0.2, 0.25) is 0 Å². The second-order valence-corrected chi connectivity index (χ2v) is 8.38. The molecule has 0 bridgehead atoms. The monoisotopic (exact) mass is 350 g/mol. The van der Waals surface area contributed by atoms with Crippen LogP contribution >= 0.6 is 0 Å². The van der Waals surface area contributed by atoms with Crippen LogP contribution in [0.15, 0.2) is 36.0 Å². The molecule has 1 aliphatic heterocycles. The number of aryl methyl sites for hydroxylation is 1. The third-order valence-corrected chi connectivity index (χ3v) is 6.07. The van der Waals surface area contributed by atoms with Crippen molar-refractivity contribution in [2.75, 3.05) is 7.05 Å². The fourth-order valence-electron chi connectivity index (χ4n) is 4.14. The van der Waals surface area contributed by atoms with Crippen LogP contribution in [0.3, 0.4) is 0 Å². The number of amides is 2. The lowest BCUT2D eigenvalue weighted by Gasteiger charge is -2.26. The average Bonchev–Trinajstić information content (AvgIpc) is 3.41. The summed E-state index contributed by atoms with van der Waals surface area (Å²) in [5, 5.41) is 3.05. The molecule has 0 spiro atoms. The van der Waals surface area contributed by atoms with Gasteiger partial charge in [0.1, 0.15) is 0 Å². The molecule has 2 fully saturated rings. The zero-order chi connectivity index (χ0) is 18.6. The number of hydrogen-bond acceptors (Lipinski definition) is 2. The minimum absolute atomic E-state index is 0.00462. The molecule has 1 unspecified atom stereocenters. The van der Waals surface area contributed by atoms with Crippen molar-refractivity contribution < 1.29 is 9.59 Å². The van der Waals surface area contributed by atoms with Gasteiger partial charge < -0.3 is 10.2 Å². The molecule has 1 atom stereocenters. The highest BCUT2D eigenvalue weighted by atomic mass is 16.2. The van der Waals surface area contributed by atoms with Crippen LogP contribution in [0, 0.1) is 18.3 Å². The van der Waals surface area contributed by atoms with E-state index in [1.165, 1.54) is 0 Å². The first-order valence-electron chi connectivity index (χ1n) is 9.41. The number of rotatable bonds is 3. The van der Waals surface area contributed by atoms with Gasteiger partial charge in [-0.15, -0.1) is 0 Å². The highest BCUT2D eigenvalue weighted by molar-refractivity contribution is 5.96. The van der Waals surface area contributed by atoms with E-state index in [2.05, 4.69) is 24.4 Å². The summed E-state index contributed by atoms with van der Waals surface area (Å²) in [6, 6.07) is 6.24. The molecule has 1 saturated carbocycles. The summed E-state index contributed by atoms with van der Waals surface area (Å²) in [6.45, 7) is 6.13. The van der Waals surface area contributed by atoms with E-state index in [0.29, 0.717) is 11.6 Å². The van der Waals surface area contributed by atoms with E-state index in [9.17, 15) is 9.59 Å². The van der Waals surface area contributed by atoms with E-state index >= 15 is 0 Å². The van der Waals surface area contributed by atoms with Gasteiger partial charge in [-0.25, -0.2) is 0 Å². The molecule has 1 aromatic rings. The molecule has 136 valence electrons. The largest absolute Gasteiger partial charge is 0.349 e. The Morgan fingerprint density at radius 1 is 1.27 bits per heavy atom. The Morgan fingerprint density at radius 2 is 2.00 bits per heavy atom. The summed E-state index contributed by atoms with van der Waals surface area (Å²) in [5.74, 6) is 0.410. The van der Waals surface area contributed by atoms with Crippen LogP contribution < -0.4 is 5.32 Å². The van der Waals surface area contributed by atoms with Crippen LogP contribution in [0.25, 0.3) is 5.57 Å². The van der Waals surface area contributed by atoms with Crippen LogP contribution in [0.5, 0.6) is 0 Å². The Kier molecular flexibility index (Phi) is 3.83. The van der Waals surface area contributed by atoms with Crippen LogP contribution in [0.1, 0.15) is 54.6 Å². The van der Waals surface area contributed by atoms with E-state index in [0.717, 1.165) is 41.7 Å². The zero-order valence-electron chi connectivity index (χ0n) is 15.9. The lowest BCUT2D eigenvalue weighted by molar-refractivity contribution is -0.133. The Morgan fingerprint density at radius 3 is 2.69 bits per heavy atom. The van der Waals surface area contributed by atoms with E-state index < -0.39 is 0 Å². The molecule has 1 saturated heterocycles. The molecule has 1 aromatic carbocycles. The lowest BCUT2D eigenvalue weighted by Crippen LogP contribution is -2.29. The first kappa shape index (κ1) is 17.1. The molecule has 4 rings (SSSR count). The van der Waals surface area contributed by atoms with Gasteiger partial charge in [-0.3, -0.25) is 9.59 Å². The maximum atomic E-state index is 12.6. The number of carbonyl (C=O) groups is 2. The van der Waals surface area contributed by atoms with Gasteiger partial charge in [-0.1, -0.05) is 26.0 Å². The molecule has 1 heterocycles. The third kappa shape index (κ3) is 2.68. The number of hydrogen-bond donors (Lipinski definition) is 1. The van der Waals surface area contributed by atoms with Crippen molar-refractivity contribution >= 4 is 17.4 Å². The zero-order valence-corrected chi connectivity index (χ0v) is 15.9. The minimum Gasteiger partial charge on any atom is -0.349 e. The normalized spacial score (nSPS) is 24.1. The minimum atomic E-state index is -0.357. The summed E-state index contributed by atoms with van der Waals surface area (Å²) < 4.78 is 0. The summed E-state index contributed by atoms with van der Waals surface area (Å²) in [7, 11) is 1.87. The van der Waals surface area contributed by atoms with Crippen LogP contribution in [-0.4, -0.2) is 29.8 Å².